The van der Waals surface area contributed by atoms with Crippen molar-refractivity contribution < 1.29 is 28.5 Å². The fraction of sp³-hybridized carbons (Fsp3) is 0.167. The van der Waals surface area contributed by atoms with Crippen molar-refractivity contribution in [2.24, 2.45) is 10.2 Å². The van der Waals surface area contributed by atoms with Crippen LogP contribution >= 0.6 is 0 Å². The molecule has 0 aromatic heterocycles. The number of fused-ring (bicyclic) bond motifs is 8. The van der Waals surface area contributed by atoms with Crippen LogP contribution in [0.25, 0.3) is 64.6 Å². The molecule has 13 rings (SSSR count). The highest BCUT2D eigenvalue weighted by atomic mass is 16.5. The minimum absolute atomic E-state index is 0.251. The molecule has 0 saturated heterocycles. The normalized spacial score (nSPS) is 12.6. The molecule has 0 atom stereocenters. The molecule has 82 heavy (non-hydrogen) atoms. The summed E-state index contributed by atoms with van der Waals surface area (Å²) >= 11 is 0. The summed E-state index contributed by atoms with van der Waals surface area (Å²) in [6, 6.07) is 63.3. The molecule has 1 aliphatic carbocycles. The van der Waals surface area contributed by atoms with Crippen LogP contribution in [-0.4, -0.2) is 50.7 Å². The third-order valence-corrected chi connectivity index (χ3v) is 15.5. The Morgan fingerprint density at radius 3 is 1.10 bits per heavy atom. The summed E-state index contributed by atoms with van der Waals surface area (Å²) in [6.07, 6.45) is 7.11. The maximum Gasteiger partial charge on any atom is 0.277 e. The number of rotatable bonds is 16. The van der Waals surface area contributed by atoms with Gasteiger partial charge in [-0.2, -0.15) is 10.2 Å². The Morgan fingerprint density at radius 2 is 0.732 bits per heavy atom. The van der Waals surface area contributed by atoms with E-state index in [1.807, 2.05) is 12.1 Å². The number of carbonyl (C=O) groups is 2. The van der Waals surface area contributed by atoms with E-state index in [2.05, 4.69) is 205 Å². The standard InChI is InChI=1S/C72H60N4O6/c1-3-29-79-61-37-45-31-46(38-61)34-56-14-8-16-58(72(56)82-44-66(78)76-74-42-60-24-22-54-20-18-50-10-6-12-52-26-28-64(60)70(54)68(50)52)36-48-32-47(39-62(40-48)80-30-4-2)35-57-15-7-13-55(33-45)71(57)81-43-65(77)75-73-41-59-23-21-53-19-17-49-9-5-11-51-25-27-63(59)69(53)67(49)51/h5-28,31-32,37-42H,3-4,29-30,33-36,43-44H2,1-2H3,(H,75,77)(H,76,78)/b73-41+,74-42+. The summed E-state index contributed by atoms with van der Waals surface area (Å²) in [5.74, 6) is 2.04. The van der Waals surface area contributed by atoms with Crippen molar-refractivity contribution in [3.8, 4) is 23.0 Å². The fourth-order valence-electron chi connectivity index (χ4n) is 12.0. The first-order chi connectivity index (χ1) is 40.3. The number of carbonyl (C=O) groups excluding carboxylic acids is 2. The molecule has 10 nitrogen and oxygen atoms in total. The van der Waals surface area contributed by atoms with Crippen LogP contribution in [0.4, 0.5) is 0 Å². The summed E-state index contributed by atoms with van der Waals surface area (Å²) in [5, 5.41) is 22.9. The van der Waals surface area contributed by atoms with Gasteiger partial charge >= 0.3 is 0 Å². The maximum absolute atomic E-state index is 13.7. The Kier molecular flexibility index (Phi) is 14.3. The van der Waals surface area contributed by atoms with Gasteiger partial charge in [0.05, 0.1) is 25.6 Å². The highest BCUT2D eigenvalue weighted by Gasteiger charge is 2.20. The Balaban J connectivity index is 0.785. The predicted octanol–water partition coefficient (Wildman–Crippen LogP) is 14.8. The molecule has 0 spiro atoms. The lowest BCUT2D eigenvalue weighted by Crippen LogP contribution is -2.25. The van der Waals surface area contributed by atoms with Gasteiger partial charge in [-0.05, 0) is 146 Å². The molecule has 0 radical (unpaired) electrons. The van der Waals surface area contributed by atoms with Crippen LogP contribution in [0.1, 0.15) is 82.3 Å². The van der Waals surface area contributed by atoms with Gasteiger partial charge in [-0.3, -0.25) is 9.59 Å². The number of hydrazone groups is 2. The lowest BCUT2D eigenvalue weighted by Gasteiger charge is -2.20. The third-order valence-electron chi connectivity index (χ3n) is 15.5. The summed E-state index contributed by atoms with van der Waals surface area (Å²) in [5.41, 5.74) is 15.0. The average Bonchev–Trinajstić information content (AvgIpc) is 2.08. The second-order valence-corrected chi connectivity index (χ2v) is 21.4. The van der Waals surface area contributed by atoms with Gasteiger partial charge in [0.1, 0.15) is 23.0 Å². The Bertz CT molecular complexity index is 4050. The zero-order valence-electron chi connectivity index (χ0n) is 45.9. The van der Waals surface area contributed by atoms with Crippen molar-refractivity contribution in [2.75, 3.05) is 26.4 Å². The van der Waals surface area contributed by atoms with E-state index in [0.29, 0.717) is 50.4 Å². The molecule has 10 heteroatoms. The van der Waals surface area contributed by atoms with Gasteiger partial charge in [-0.25, -0.2) is 10.9 Å². The number of hydrogen-bond acceptors (Lipinski definition) is 8. The van der Waals surface area contributed by atoms with Gasteiger partial charge < -0.3 is 18.9 Å². The number of ether oxygens (including phenoxy) is 4. The van der Waals surface area contributed by atoms with E-state index in [9.17, 15) is 9.59 Å². The second-order valence-electron chi connectivity index (χ2n) is 21.4. The Morgan fingerprint density at radius 1 is 0.402 bits per heavy atom. The summed E-state index contributed by atoms with van der Waals surface area (Å²) < 4.78 is 26.0. The lowest BCUT2D eigenvalue weighted by atomic mass is 9.92. The first-order valence-electron chi connectivity index (χ1n) is 28.3. The predicted molar refractivity (Wildman–Crippen MR) is 331 cm³/mol. The quantitative estimate of drug-likeness (QED) is 0.0565. The van der Waals surface area contributed by atoms with Crippen molar-refractivity contribution in [1.82, 2.24) is 10.9 Å². The van der Waals surface area contributed by atoms with Gasteiger partial charge in [0.15, 0.2) is 13.2 Å². The molecule has 8 bridgehead atoms. The molecule has 0 aliphatic heterocycles. The van der Waals surface area contributed by atoms with Crippen LogP contribution < -0.4 is 29.8 Å². The van der Waals surface area contributed by atoms with E-state index in [-0.39, 0.29) is 25.0 Å². The summed E-state index contributed by atoms with van der Waals surface area (Å²) in [7, 11) is 0. The summed E-state index contributed by atoms with van der Waals surface area (Å²) in [4.78, 5) is 27.5. The number of para-hydroxylation sites is 2. The molecular weight excluding hydrogens is 1020 g/mol. The van der Waals surface area contributed by atoms with Crippen LogP contribution in [0, 0.1) is 0 Å². The molecular formula is C72H60N4O6. The van der Waals surface area contributed by atoms with Crippen LogP contribution in [-0.2, 0) is 35.3 Å². The first kappa shape index (κ1) is 51.6. The number of nitrogens with one attached hydrogen (secondary N) is 2. The molecule has 0 saturated carbocycles. The number of hydrogen-bond donors (Lipinski definition) is 2. The van der Waals surface area contributed by atoms with E-state index in [1.54, 1.807) is 12.4 Å². The Labute approximate surface area is 475 Å². The summed E-state index contributed by atoms with van der Waals surface area (Å²) in [6.45, 7) is 4.80. The lowest BCUT2D eigenvalue weighted by molar-refractivity contribution is -0.123. The van der Waals surface area contributed by atoms with Gasteiger partial charge in [-0.1, -0.05) is 172 Å². The smallest absolute Gasteiger partial charge is 0.277 e. The highest BCUT2D eigenvalue weighted by molar-refractivity contribution is 6.26. The van der Waals surface area contributed by atoms with Gasteiger partial charge in [0.2, 0.25) is 0 Å². The molecule has 404 valence electrons. The first-order valence-corrected chi connectivity index (χ1v) is 28.3. The average molecular weight is 1080 g/mol. The van der Waals surface area contributed by atoms with Gasteiger partial charge in [0, 0.05) is 36.8 Å². The van der Waals surface area contributed by atoms with Crippen LogP contribution in [0.15, 0.2) is 192 Å². The van der Waals surface area contributed by atoms with Gasteiger partial charge in [-0.15, -0.1) is 0 Å². The highest BCUT2D eigenvalue weighted by Crippen LogP contribution is 2.39. The van der Waals surface area contributed by atoms with Crippen molar-refractivity contribution in [3.05, 3.63) is 238 Å². The zero-order chi connectivity index (χ0) is 55.5. The molecule has 1 aliphatic rings. The fourth-order valence-corrected chi connectivity index (χ4v) is 12.0. The largest absolute Gasteiger partial charge is 0.494 e. The van der Waals surface area contributed by atoms with E-state index in [0.717, 1.165) is 102 Å². The number of benzene rings is 12. The SMILES string of the molecule is CCCOc1cc2cc(c1)Cc1cccc(c1OCC(=O)N/N=C/c1ccc3ccc4cccc5ccc1c3c45)Cc1cc(cc(OCCC)c1)Cc1cccc(c1OCC(=O)N/N=C/c1ccc3ccc4cccc5ccc1c3c45)C2. The van der Waals surface area contributed by atoms with Crippen LogP contribution in [0.5, 0.6) is 23.0 Å². The molecule has 0 fully saturated rings. The molecule has 12 aromatic rings. The molecule has 2 N–H and O–H groups in total. The van der Waals surface area contributed by atoms with Crippen molar-refractivity contribution >= 4 is 88.9 Å². The van der Waals surface area contributed by atoms with E-state index < -0.39 is 0 Å². The molecule has 0 unspecified atom stereocenters. The molecule has 12 aromatic carbocycles. The van der Waals surface area contributed by atoms with Crippen molar-refractivity contribution in [2.45, 2.75) is 52.4 Å². The minimum Gasteiger partial charge on any atom is -0.494 e. The zero-order valence-corrected chi connectivity index (χ0v) is 45.9. The van der Waals surface area contributed by atoms with E-state index in [4.69, 9.17) is 18.9 Å². The topological polar surface area (TPSA) is 120 Å². The third kappa shape index (κ3) is 10.6. The maximum atomic E-state index is 13.7. The van der Waals surface area contributed by atoms with Crippen LogP contribution in [0.3, 0.4) is 0 Å². The molecule has 0 heterocycles. The number of amides is 2. The van der Waals surface area contributed by atoms with Crippen molar-refractivity contribution in [3.63, 3.8) is 0 Å². The molecule has 2 amide bonds. The Hall–Kier alpha value is -9.80. The van der Waals surface area contributed by atoms with Crippen molar-refractivity contribution in [1.29, 1.82) is 0 Å². The van der Waals surface area contributed by atoms with Gasteiger partial charge in [0.25, 0.3) is 11.8 Å². The second kappa shape index (κ2) is 22.7. The van der Waals surface area contributed by atoms with E-state index >= 15 is 0 Å². The minimum atomic E-state index is -0.379. The number of nitrogens with zero attached hydrogens (tertiary/aromatic N) is 2. The monoisotopic (exact) mass is 1080 g/mol. The van der Waals surface area contributed by atoms with E-state index in [1.165, 1.54) is 43.1 Å². The van der Waals surface area contributed by atoms with Crippen LogP contribution in [0.2, 0.25) is 0 Å².